The molecule has 4 aliphatic heterocycles. The second-order valence-corrected chi connectivity index (χ2v) is 9.08. The third kappa shape index (κ3) is 3.20. The smallest absolute Gasteiger partial charge is 0.317 e. The van der Waals surface area contributed by atoms with Crippen LogP contribution < -0.4 is 16.0 Å². The molecule has 4 atom stereocenters. The van der Waals surface area contributed by atoms with Crippen molar-refractivity contribution >= 4 is 17.6 Å². The Morgan fingerprint density at radius 1 is 1.34 bits per heavy atom. The molecule has 1 aromatic heterocycles. The molecule has 0 radical (unpaired) electrons. The van der Waals surface area contributed by atoms with E-state index in [-0.39, 0.29) is 23.7 Å². The quantitative estimate of drug-likeness (QED) is 0.703. The highest BCUT2D eigenvalue weighted by Gasteiger charge is 2.57. The largest absolute Gasteiger partial charge is 0.358 e. The number of piperidine rings is 1. The summed E-state index contributed by atoms with van der Waals surface area (Å²) in [5.74, 6) is 0.299. The number of rotatable bonds is 3. The maximum atomic E-state index is 12.7. The second kappa shape index (κ2) is 6.98. The van der Waals surface area contributed by atoms with Gasteiger partial charge in [-0.1, -0.05) is 0 Å². The lowest BCUT2D eigenvalue weighted by molar-refractivity contribution is -0.122. The summed E-state index contributed by atoms with van der Waals surface area (Å²) >= 11 is 0. The molecule has 3 amide bonds. The summed E-state index contributed by atoms with van der Waals surface area (Å²) in [6.45, 7) is 3.04. The van der Waals surface area contributed by atoms with Crippen molar-refractivity contribution in [2.75, 3.05) is 18.5 Å². The molecule has 0 aromatic carbocycles. The van der Waals surface area contributed by atoms with Gasteiger partial charge < -0.3 is 20.7 Å². The second-order valence-electron chi connectivity index (χ2n) is 9.08. The molecule has 5 rings (SSSR count). The van der Waals surface area contributed by atoms with Crippen molar-refractivity contribution in [2.45, 2.75) is 69.3 Å². The molecule has 29 heavy (non-hydrogen) atoms. The van der Waals surface area contributed by atoms with Gasteiger partial charge in [-0.3, -0.25) is 14.4 Å². The molecule has 9 nitrogen and oxygen atoms in total. The van der Waals surface area contributed by atoms with E-state index in [2.05, 4.69) is 25.9 Å². The minimum atomic E-state index is -0.216. The number of aromatic nitrogens is 2. The number of hydrogen-bond acceptors (Lipinski definition) is 5. The van der Waals surface area contributed by atoms with E-state index in [1.807, 2.05) is 14.0 Å². The molecule has 5 heterocycles. The van der Waals surface area contributed by atoms with Crippen LogP contribution in [-0.4, -0.2) is 63.6 Å². The lowest BCUT2D eigenvalue weighted by Gasteiger charge is -2.55. The fraction of sp³-hybridized carbons (Fsp3) is 0.750. The number of amides is 3. The van der Waals surface area contributed by atoms with Crippen molar-refractivity contribution in [1.82, 2.24) is 25.3 Å². The highest BCUT2D eigenvalue weighted by Crippen LogP contribution is 2.47. The van der Waals surface area contributed by atoms with Gasteiger partial charge in [0, 0.05) is 31.7 Å². The average molecular weight is 402 g/mol. The van der Waals surface area contributed by atoms with Crippen LogP contribution >= 0.6 is 0 Å². The number of ether oxygens (including phenoxy) is 1. The number of fused-ring (bicyclic) bond motifs is 4. The van der Waals surface area contributed by atoms with Gasteiger partial charge in [0.25, 0.3) is 0 Å². The first-order valence-corrected chi connectivity index (χ1v) is 10.7. The fourth-order valence-corrected chi connectivity index (χ4v) is 5.99. The number of urea groups is 1. The first-order valence-electron chi connectivity index (χ1n) is 10.7. The zero-order chi connectivity index (χ0) is 20.2. The van der Waals surface area contributed by atoms with Crippen LogP contribution in [0.4, 0.5) is 10.5 Å². The predicted octanol–water partition coefficient (Wildman–Crippen LogP) is 1.10. The Bertz CT molecular complexity index is 809. The number of nitrogens with zero attached hydrogens (tertiary/aromatic N) is 3. The summed E-state index contributed by atoms with van der Waals surface area (Å²) in [5, 5.41) is 13.4. The Morgan fingerprint density at radius 3 is 2.79 bits per heavy atom. The number of carbonyl (C=O) groups excluding carboxylic acids is 2. The number of carbonyl (C=O) groups is 2. The average Bonchev–Trinajstić information content (AvgIpc) is 3.12. The molecule has 0 saturated carbocycles. The van der Waals surface area contributed by atoms with Crippen LogP contribution in [0.5, 0.6) is 0 Å². The normalized spacial score (nSPS) is 36.4. The molecule has 4 fully saturated rings. The summed E-state index contributed by atoms with van der Waals surface area (Å²) in [6, 6.07) is 0.511. The molecule has 158 valence electrons. The van der Waals surface area contributed by atoms with E-state index in [1.54, 1.807) is 10.9 Å². The zero-order valence-corrected chi connectivity index (χ0v) is 17.1. The van der Waals surface area contributed by atoms with Crippen LogP contribution in [0.2, 0.25) is 0 Å². The first-order chi connectivity index (χ1) is 13.9. The minimum Gasteiger partial charge on any atom is -0.358 e. The van der Waals surface area contributed by atoms with Crippen LogP contribution in [0.15, 0.2) is 6.20 Å². The highest BCUT2D eigenvalue weighted by molar-refractivity contribution is 5.92. The SMILES string of the molecule is Cc1c(NC(=O)CN2[C@H]3CC[C@H]2CC2(C3)NC(=O)N[C@H]3OCCC[C@H]32)cnn1C. The van der Waals surface area contributed by atoms with E-state index < -0.39 is 0 Å². The van der Waals surface area contributed by atoms with Gasteiger partial charge in [-0.2, -0.15) is 5.10 Å². The van der Waals surface area contributed by atoms with Crippen LogP contribution in [0.25, 0.3) is 0 Å². The highest BCUT2D eigenvalue weighted by atomic mass is 16.5. The number of aryl methyl sites for hydroxylation is 1. The van der Waals surface area contributed by atoms with E-state index in [9.17, 15) is 9.59 Å². The minimum absolute atomic E-state index is 0.00201. The fourth-order valence-electron chi connectivity index (χ4n) is 5.99. The van der Waals surface area contributed by atoms with Crippen LogP contribution in [0, 0.1) is 12.8 Å². The van der Waals surface area contributed by atoms with Gasteiger partial charge in [-0.15, -0.1) is 0 Å². The van der Waals surface area contributed by atoms with Crippen molar-refractivity contribution < 1.29 is 14.3 Å². The molecule has 4 saturated heterocycles. The van der Waals surface area contributed by atoms with Gasteiger partial charge in [0.1, 0.15) is 6.23 Å². The van der Waals surface area contributed by atoms with Gasteiger partial charge in [0.05, 0.1) is 29.7 Å². The van der Waals surface area contributed by atoms with Crippen LogP contribution in [0.3, 0.4) is 0 Å². The van der Waals surface area contributed by atoms with Crippen molar-refractivity contribution in [3.63, 3.8) is 0 Å². The monoisotopic (exact) mass is 402 g/mol. The number of hydrogen-bond donors (Lipinski definition) is 3. The summed E-state index contributed by atoms with van der Waals surface area (Å²) < 4.78 is 7.64. The maximum Gasteiger partial charge on any atom is 0.317 e. The Kier molecular flexibility index (Phi) is 4.54. The van der Waals surface area contributed by atoms with Crippen LogP contribution in [-0.2, 0) is 16.6 Å². The molecule has 1 aromatic rings. The number of anilines is 1. The summed E-state index contributed by atoms with van der Waals surface area (Å²) in [7, 11) is 1.87. The van der Waals surface area contributed by atoms with E-state index in [1.165, 1.54) is 0 Å². The van der Waals surface area contributed by atoms with E-state index in [0.29, 0.717) is 31.2 Å². The van der Waals surface area contributed by atoms with E-state index >= 15 is 0 Å². The van der Waals surface area contributed by atoms with Gasteiger partial charge in [-0.05, 0) is 45.4 Å². The molecule has 2 bridgehead atoms. The zero-order valence-electron chi connectivity index (χ0n) is 17.1. The van der Waals surface area contributed by atoms with Crippen LogP contribution in [0.1, 0.15) is 44.2 Å². The number of nitrogens with one attached hydrogen (secondary N) is 3. The van der Waals surface area contributed by atoms with Gasteiger partial charge >= 0.3 is 6.03 Å². The molecule has 9 heteroatoms. The molecule has 4 aliphatic rings. The summed E-state index contributed by atoms with van der Waals surface area (Å²) in [6.07, 6.45) is 7.55. The maximum absolute atomic E-state index is 12.7. The predicted molar refractivity (Wildman–Crippen MR) is 106 cm³/mol. The first kappa shape index (κ1) is 18.9. The van der Waals surface area contributed by atoms with Crippen molar-refractivity contribution in [3.05, 3.63) is 11.9 Å². The topological polar surface area (TPSA) is 101 Å². The molecule has 0 unspecified atom stereocenters. The third-order valence-corrected chi connectivity index (χ3v) is 7.47. The van der Waals surface area contributed by atoms with Crippen molar-refractivity contribution in [3.8, 4) is 0 Å². The summed E-state index contributed by atoms with van der Waals surface area (Å²) in [5.41, 5.74) is 1.50. The lowest BCUT2D eigenvalue weighted by atomic mass is 9.69. The Labute approximate surface area is 170 Å². The molecular weight excluding hydrogens is 372 g/mol. The van der Waals surface area contributed by atoms with Gasteiger partial charge in [-0.25, -0.2) is 4.79 Å². The molecule has 1 spiro atoms. The van der Waals surface area contributed by atoms with Gasteiger partial charge in [0.15, 0.2) is 0 Å². The Morgan fingerprint density at radius 2 is 2.10 bits per heavy atom. The Hall–Kier alpha value is -2.13. The molecule has 3 N–H and O–H groups in total. The molecular formula is C20H30N6O3. The van der Waals surface area contributed by atoms with Crippen molar-refractivity contribution in [2.24, 2.45) is 13.0 Å². The third-order valence-electron chi connectivity index (χ3n) is 7.47. The lowest BCUT2D eigenvalue weighted by Crippen LogP contribution is -2.73. The van der Waals surface area contributed by atoms with E-state index in [0.717, 1.165) is 49.9 Å². The van der Waals surface area contributed by atoms with E-state index in [4.69, 9.17) is 4.74 Å². The standard InChI is InChI=1S/C20H30N6O3/c1-12-16(10-21-25(12)2)22-17(27)11-26-13-5-6-14(26)9-20(8-13)15-4-3-7-29-18(15)23-19(28)24-20/h10,13-15,18H,3-9,11H2,1-2H3,(H,22,27)(H2,23,24,28)/t13-,14-,15+,18-/m0/s1. The summed E-state index contributed by atoms with van der Waals surface area (Å²) in [4.78, 5) is 27.4. The molecule has 0 aliphatic carbocycles. The van der Waals surface area contributed by atoms with Crippen molar-refractivity contribution in [1.29, 1.82) is 0 Å². The Balaban J connectivity index is 1.29. The van der Waals surface area contributed by atoms with Gasteiger partial charge in [0.2, 0.25) is 5.91 Å².